The molecule has 0 fully saturated rings. The lowest BCUT2D eigenvalue weighted by atomic mass is 10.1. The lowest BCUT2D eigenvalue weighted by molar-refractivity contribution is 0.282. The minimum absolute atomic E-state index is 0.0899. The maximum atomic E-state index is 13.2. The van der Waals surface area contributed by atoms with Gasteiger partial charge in [0.1, 0.15) is 11.6 Å². The summed E-state index contributed by atoms with van der Waals surface area (Å²) in [5.41, 5.74) is 2.01. The van der Waals surface area contributed by atoms with Crippen LogP contribution in [-0.4, -0.2) is 5.11 Å². The van der Waals surface area contributed by atoms with Crippen LogP contribution in [-0.2, 0) is 6.61 Å². The summed E-state index contributed by atoms with van der Waals surface area (Å²) in [6.45, 7) is 1.72. The van der Waals surface area contributed by atoms with Crippen LogP contribution in [0.1, 0.15) is 24.1 Å². The average molecular weight is 263 g/mol. The second kappa shape index (κ2) is 5.80. The van der Waals surface area contributed by atoms with E-state index in [1.165, 1.54) is 12.1 Å². The monoisotopic (exact) mass is 263 g/mol. The number of hydrogen-bond donors (Lipinski definition) is 2. The molecule has 0 saturated carbocycles. The number of nitrogens with one attached hydrogen (secondary N) is 1. The summed E-state index contributed by atoms with van der Waals surface area (Å²) in [6.07, 6.45) is 0. The number of aliphatic hydroxyl groups excluding tert-OH is 1. The summed E-state index contributed by atoms with van der Waals surface area (Å²) in [6, 6.07) is 10.4. The van der Waals surface area contributed by atoms with Gasteiger partial charge in [-0.1, -0.05) is 18.2 Å². The van der Waals surface area contributed by atoms with Crippen molar-refractivity contribution in [2.45, 2.75) is 19.6 Å². The lowest BCUT2D eigenvalue weighted by Gasteiger charge is -2.18. The van der Waals surface area contributed by atoms with Crippen LogP contribution in [0.4, 0.5) is 14.5 Å². The van der Waals surface area contributed by atoms with E-state index in [9.17, 15) is 13.9 Å². The fraction of sp³-hybridized carbons (Fsp3) is 0.200. The fourth-order valence-electron chi connectivity index (χ4n) is 1.94. The Labute approximate surface area is 110 Å². The average Bonchev–Trinajstić information content (AvgIpc) is 2.38. The molecular formula is C15H15F2NO. The Kier molecular flexibility index (Phi) is 4.12. The largest absolute Gasteiger partial charge is 0.392 e. The van der Waals surface area contributed by atoms with Gasteiger partial charge in [-0.2, -0.15) is 0 Å². The highest BCUT2D eigenvalue weighted by Crippen LogP contribution is 2.23. The van der Waals surface area contributed by atoms with Gasteiger partial charge >= 0.3 is 0 Å². The van der Waals surface area contributed by atoms with E-state index in [0.29, 0.717) is 5.56 Å². The fourth-order valence-corrected chi connectivity index (χ4v) is 1.94. The van der Waals surface area contributed by atoms with Crippen molar-refractivity contribution in [3.63, 3.8) is 0 Å². The number of halogens is 2. The van der Waals surface area contributed by atoms with Crippen molar-refractivity contribution < 1.29 is 13.9 Å². The highest BCUT2D eigenvalue weighted by molar-refractivity contribution is 5.52. The molecule has 0 aromatic heterocycles. The Morgan fingerprint density at radius 2 is 1.74 bits per heavy atom. The number of aliphatic hydroxyl groups is 1. The van der Waals surface area contributed by atoms with E-state index >= 15 is 0 Å². The summed E-state index contributed by atoms with van der Waals surface area (Å²) in [5, 5.41) is 12.4. The Morgan fingerprint density at radius 3 is 2.37 bits per heavy atom. The first-order chi connectivity index (χ1) is 9.10. The van der Waals surface area contributed by atoms with Crippen molar-refractivity contribution in [2.24, 2.45) is 0 Å². The first-order valence-electron chi connectivity index (χ1n) is 6.01. The molecule has 4 heteroatoms. The van der Waals surface area contributed by atoms with Gasteiger partial charge in [0.2, 0.25) is 0 Å². The topological polar surface area (TPSA) is 32.3 Å². The zero-order valence-corrected chi connectivity index (χ0v) is 10.5. The van der Waals surface area contributed by atoms with Crippen LogP contribution in [0.3, 0.4) is 0 Å². The molecule has 19 heavy (non-hydrogen) atoms. The van der Waals surface area contributed by atoms with Crippen LogP contribution in [0, 0.1) is 11.6 Å². The Balaban J connectivity index is 2.22. The van der Waals surface area contributed by atoms with Crippen LogP contribution in [0.15, 0.2) is 42.5 Å². The SMILES string of the molecule is CC(Nc1ccccc1CO)c1cc(F)cc(F)c1. The molecule has 0 aliphatic heterocycles. The molecule has 2 rings (SSSR count). The highest BCUT2D eigenvalue weighted by atomic mass is 19.1. The molecule has 0 aliphatic rings. The predicted molar refractivity (Wildman–Crippen MR) is 70.8 cm³/mol. The van der Waals surface area contributed by atoms with Gasteiger partial charge in [-0.25, -0.2) is 8.78 Å². The van der Waals surface area contributed by atoms with Gasteiger partial charge < -0.3 is 10.4 Å². The van der Waals surface area contributed by atoms with Crippen molar-refractivity contribution in [3.8, 4) is 0 Å². The van der Waals surface area contributed by atoms with Crippen LogP contribution >= 0.6 is 0 Å². The Bertz CT molecular complexity index is 552. The van der Waals surface area contributed by atoms with Crippen molar-refractivity contribution in [3.05, 3.63) is 65.2 Å². The summed E-state index contributed by atoms with van der Waals surface area (Å²) < 4.78 is 26.3. The lowest BCUT2D eigenvalue weighted by Crippen LogP contribution is -2.09. The minimum Gasteiger partial charge on any atom is -0.392 e. The quantitative estimate of drug-likeness (QED) is 0.882. The second-order valence-electron chi connectivity index (χ2n) is 4.38. The number of rotatable bonds is 4. The van der Waals surface area contributed by atoms with Crippen LogP contribution in [0.5, 0.6) is 0 Å². The predicted octanol–water partition coefficient (Wildman–Crippen LogP) is 3.63. The maximum absolute atomic E-state index is 13.2. The van der Waals surface area contributed by atoms with Crippen LogP contribution < -0.4 is 5.32 Å². The molecule has 0 spiro atoms. The van der Waals surface area contributed by atoms with Crippen molar-refractivity contribution in [1.82, 2.24) is 0 Å². The van der Waals surface area contributed by atoms with Gasteiger partial charge in [0, 0.05) is 23.4 Å². The summed E-state index contributed by atoms with van der Waals surface area (Å²) in [4.78, 5) is 0. The van der Waals surface area contributed by atoms with Crippen LogP contribution in [0.25, 0.3) is 0 Å². The first kappa shape index (κ1) is 13.5. The number of para-hydroxylation sites is 1. The molecule has 2 aromatic carbocycles. The molecular weight excluding hydrogens is 248 g/mol. The smallest absolute Gasteiger partial charge is 0.126 e. The molecule has 1 unspecified atom stereocenters. The molecule has 0 amide bonds. The molecule has 0 radical (unpaired) electrons. The van der Waals surface area contributed by atoms with E-state index in [4.69, 9.17) is 0 Å². The molecule has 2 aromatic rings. The molecule has 0 aliphatic carbocycles. The third-order valence-electron chi connectivity index (χ3n) is 2.94. The van der Waals surface area contributed by atoms with E-state index in [0.717, 1.165) is 17.3 Å². The zero-order chi connectivity index (χ0) is 13.8. The number of hydrogen-bond acceptors (Lipinski definition) is 2. The summed E-state index contributed by atoms with van der Waals surface area (Å²) >= 11 is 0. The molecule has 2 N–H and O–H groups in total. The Morgan fingerprint density at radius 1 is 1.11 bits per heavy atom. The third kappa shape index (κ3) is 3.29. The number of benzene rings is 2. The van der Waals surface area contributed by atoms with E-state index in [2.05, 4.69) is 5.32 Å². The van der Waals surface area contributed by atoms with E-state index in [1.54, 1.807) is 6.07 Å². The minimum atomic E-state index is -0.598. The molecule has 2 nitrogen and oxygen atoms in total. The standard InChI is InChI=1S/C15H15F2NO/c1-10(12-6-13(16)8-14(17)7-12)18-15-5-3-2-4-11(15)9-19/h2-8,10,18-19H,9H2,1H3. The van der Waals surface area contributed by atoms with E-state index in [1.807, 2.05) is 25.1 Å². The first-order valence-corrected chi connectivity index (χ1v) is 6.01. The van der Waals surface area contributed by atoms with Gasteiger partial charge in [-0.05, 0) is 30.7 Å². The maximum Gasteiger partial charge on any atom is 0.126 e. The Hall–Kier alpha value is -1.94. The molecule has 0 saturated heterocycles. The summed E-state index contributed by atoms with van der Waals surface area (Å²) in [7, 11) is 0. The second-order valence-corrected chi connectivity index (χ2v) is 4.38. The molecule has 1 atom stereocenters. The van der Waals surface area contributed by atoms with E-state index in [-0.39, 0.29) is 12.6 Å². The van der Waals surface area contributed by atoms with Gasteiger partial charge in [-0.15, -0.1) is 0 Å². The van der Waals surface area contributed by atoms with Crippen LogP contribution in [0.2, 0.25) is 0 Å². The summed E-state index contributed by atoms with van der Waals surface area (Å²) in [5.74, 6) is -1.20. The molecule has 100 valence electrons. The highest BCUT2D eigenvalue weighted by Gasteiger charge is 2.10. The number of anilines is 1. The van der Waals surface area contributed by atoms with Gasteiger partial charge in [0.25, 0.3) is 0 Å². The molecule has 0 bridgehead atoms. The van der Waals surface area contributed by atoms with Crippen molar-refractivity contribution >= 4 is 5.69 Å². The van der Waals surface area contributed by atoms with Gasteiger partial charge in [-0.3, -0.25) is 0 Å². The van der Waals surface area contributed by atoms with Crippen molar-refractivity contribution in [1.29, 1.82) is 0 Å². The van der Waals surface area contributed by atoms with Gasteiger partial charge in [0.05, 0.1) is 6.61 Å². The third-order valence-corrected chi connectivity index (χ3v) is 2.94. The van der Waals surface area contributed by atoms with E-state index < -0.39 is 11.6 Å². The zero-order valence-electron chi connectivity index (χ0n) is 10.5. The van der Waals surface area contributed by atoms with Gasteiger partial charge in [0.15, 0.2) is 0 Å². The molecule has 0 heterocycles. The van der Waals surface area contributed by atoms with Crippen molar-refractivity contribution in [2.75, 3.05) is 5.32 Å². The normalized spacial score (nSPS) is 12.2.